The van der Waals surface area contributed by atoms with Crippen LogP contribution < -0.4 is 10.1 Å². The largest absolute Gasteiger partial charge is 0.497 e. The summed E-state index contributed by atoms with van der Waals surface area (Å²) < 4.78 is 101. The minimum absolute atomic E-state index is 0.121. The minimum atomic E-state index is -5.59. The van der Waals surface area contributed by atoms with E-state index in [2.05, 4.69) is 10.3 Å². The molecule has 0 unspecified atom stereocenters. The van der Waals surface area contributed by atoms with E-state index in [9.17, 15) is 38.4 Å². The number of anilines is 1. The summed E-state index contributed by atoms with van der Waals surface area (Å²) in [5, 5.41) is 3.70. The smallest absolute Gasteiger partial charge is 0.474 e. The van der Waals surface area contributed by atoms with Gasteiger partial charge in [0.05, 0.1) is 79.3 Å². The maximum absolute atomic E-state index is 15.6. The number of nitrogens with one attached hydrogen (secondary N) is 1. The molecule has 1 N–H and O–H groups in total. The Morgan fingerprint density at radius 3 is 1.52 bits per heavy atom. The van der Waals surface area contributed by atoms with Crippen LogP contribution in [0, 0.1) is 10.8 Å². The lowest BCUT2D eigenvalue weighted by Gasteiger charge is -2.37. The zero-order valence-electron chi connectivity index (χ0n) is 51.3. The van der Waals surface area contributed by atoms with Crippen LogP contribution in [0.5, 0.6) is 5.75 Å². The molecule has 488 valence electrons. The van der Waals surface area contributed by atoms with Crippen molar-refractivity contribution in [2.75, 3.05) is 92.6 Å². The third kappa shape index (κ3) is 17.4. The average Bonchev–Trinajstić information content (AvgIpc) is 1.20. The summed E-state index contributed by atoms with van der Waals surface area (Å²) in [7, 11) is -2.79. The van der Waals surface area contributed by atoms with Gasteiger partial charge in [-0.3, -0.25) is 51.7 Å². The molecule has 3 heterocycles. The summed E-state index contributed by atoms with van der Waals surface area (Å²) in [5.41, 5.74) is -3.87. The van der Waals surface area contributed by atoms with Crippen molar-refractivity contribution in [3.05, 3.63) is 114 Å². The number of imidazole rings is 1. The van der Waals surface area contributed by atoms with E-state index in [4.69, 9.17) is 80.4 Å². The van der Waals surface area contributed by atoms with Gasteiger partial charge in [-0.05, 0) is 63.4 Å². The van der Waals surface area contributed by atoms with Crippen LogP contribution in [0.2, 0.25) is 0 Å². The van der Waals surface area contributed by atoms with Gasteiger partial charge in [-0.2, -0.15) is 0 Å². The number of esters is 7. The number of phosphoric acid groups is 1. The summed E-state index contributed by atoms with van der Waals surface area (Å²) in [6, 6.07) is 26.7. The Hall–Kier alpha value is -8.28. The SMILES string of the molecule is CCOC(=O)C(COCOC(C)=O)(COP(=O)(OC[C@H]1O[C@@H](n2cnc3c(NC(c4ccccc4)(c4ccccc4)c4ccc(OC)cc4)ncnc32)[C@H](OC(=O)CCC(C)=O)[C@@H]1OC)OCC(COCOC(C)=O)(C(=O)OCC)C(=O)OCC)C(=O)OCC. The fraction of sp³-hybridized carbons (Fsp3) is 0.483. The number of fused-ring (bicyclic) bond motifs is 1. The lowest BCUT2D eigenvalue weighted by molar-refractivity contribution is -0.185. The highest BCUT2D eigenvalue weighted by molar-refractivity contribution is 7.48. The Morgan fingerprint density at radius 1 is 0.589 bits per heavy atom. The molecule has 0 saturated carbocycles. The summed E-state index contributed by atoms with van der Waals surface area (Å²) in [6.07, 6.45) is -3.75. The number of nitrogens with zero attached hydrogens (tertiary/aromatic N) is 4. The van der Waals surface area contributed by atoms with Crippen molar-refractivity contribution in [2.45, 2.75) is 91.4 Å². The predicted molar refractivity (Wildman–Crippen MR) is 311 cm³/mol. The lowest BCUT2D eigenvalue weighted by atomic mass is 9.77. The highest BCUT2D eigenvalue weighted by atomic mass is 31.2. The zero-order chi connectivity index (χ0) is 65.5. The second-order valence-corrected chi connectivity index (χ2v) is 21.5. The van der Waals surface area contributed by atoms with E-state index < -0.39 is 137 Å². The first-order valence-corrected chi connectivity index (χ1v) is 29.9. The number of phosphoric ester groups is 1. The topological polar surface area (TPSA) is 348 Å². The van der Waals surface area contributed by atoms with Crippen molar-refractivity contribution in [1.82, 2.24) is 19.5 Å². The Balaban J connectivity index is 1.47. The molecule has 1 aliphatic rings. The predicted octanol–water partition coefficient (Wildman–Crippen LogP) is 5.89. The molecule has 1 fully saturated rings. The van der Waals surface area contributed by atoms with Crippen LogP contribution in [-0.4, -0.2) is 173 Å². The summed E-state index contributed by atoms with van der Waals surface area (Å²) in [5.74, 6) is -7.33. The van der Waals surface area contributed by atoms with Crippen molar-refractivity contribution in [2.24, 2.45) is 10.8 Å². The first-order valence-electron chi connectivity index (χ1n) is 28.4. The molecule has 0 bridgehead atoms. The quantitative estimate of drug-likeness (QED) is 0.00921. The number of benzene rings is 3. The second kappa shape index (κ2) is 33.5. The number of ketones is 1. The monoisotopic (exact) mass is 1280 g/mol. The number of ether oxygens (including phenoxy) is 12. The fourth-order valence-electron chi connectivity index (χ4n) is 9.34. The number of carbonyl (C=O) groups is 8. The second-order valence-electron chi connectivity index (χ2n) is 19.8. The van der Waals surface area contributed by atoms with Gasteiger partial charge in [-0.1, -0.05) is 72.8 Å². The lowest BCUT2D eigenvalue weighted by Crippen LogP contribution is -2.50. The van der Waals surface area contributed by atoms with Crippen LogP contribution in [0.15, 0.2) is 97.6 Å². The van der Waals surface area contributed by atoms with Crippen molar-refractivity contribution >= 4 is 72.4 Å². The molecule has 0 spiro atoms. The number of hydrogen-bond acceptors (Lipinski definition) is 28. The number of methoxy groups -OCH3 is 2. The molecule has 1 aliphatic heterocycles. The van der Waals surface area contributed by atoms with E-state index in [0.29, 0.717) is 5.75 Å². The van der Waals surface area contributed by atoms with Crippen molar-refractivity contribution in [3.63, 3.8) is 0 Å². The summed E-state index contributed by atoms with van der Waals surface area (Å²) >= 11 is 0. The third-order valence-electron chi connectivity index (χ3n) is 13.8. The molecular formula is C60H74N5O24P. The van der Waals surface area contributed by atoms with Gasteiger partial charge in [0.25, 0.3) is 0 Å². The van der Waals surface area contributed by atoms with Crippen molar-refractivity contribution in [1.29, 1.82) is 0 Å². The fourth-order valence-corrected chi connectivity index (χ4v) is 10.7. The normalized spacial score (nSPS) is 15.9. The van der Waals surface area contributed by atoms with Gasteiger partial charge in [0, 0.05) is 27.4 Å². The third-order valence-corrected chi connectivity index (χ3v) is 15.1. The molecule has 2 aromatic heterocycles. The Bertz CT molecular complexity index is 3130. The standard InChI is InChI=1S/C60H74N5O24P/c1-10-79-54(70)58(55(71)80-11-2,31-77-37-83-40(6)67)33-86-90(74,87-34-59(56(72)81-12-3,57(73)82-13-4)32-78-38-84-41(7)68)85-30-46-49(76-9)50(89-47(69)29-24-39(5)66)53(88-46)65-36-63-48-51(61-35-62-52(48)65)64-60(42-20-16-14-17-21-42,43-22-18-15-19-23-43)44-25-27-45(75-8)28-26-44/h14-23,25-28,35-36,46,49-50,53H,10-13,24,29-34,37-38H2,1-9H3,(H,61,62,64)/t46-,49-,50-,53-/m1/s1. The Labute approximate surface area is 518 Å². The average molecular weight is 1280 g/mol. The molecule has 0 aliphatic carbocycles. The van der Waals surface area contributed by atoms with Gasteiger partial charge in [-0.25, -0.2) is 19.5 Å². The molecule has 30 heteroatoms. The van der Waals surface area contributed by atoms with E-state index in [1.165, 1.54) is 59.0 Å². The number of Topliss-reactive ketones (excluding diaryl/α,β-unsaturated/α-hetero) is 1. The minimum Gasteiger partial charge on any atom is -0.497 e. The first-order chi connectivity index (χ1) is 43.2. The number of rotatable bonds is 37. The molecule has 90 heavy (non-hydrogen) atoms. The molecule has 0 radical (unpaired) electrons. The van der Waals surface area contributed by atoms with Gasteiger partial charge < -0.3 is 67.0 Å². The Morgan fingerprint density at radius 2 is 1.08 bits per heavy atom. The van der Waals surface area contributed by atoms with E-state index in [1.54, 1.807) is 7.11 Å². The Kier molecular flexibility index (Phi) is 26.4. The van der Waals surface area contributed by atoms with E-state index >= 15 is 4.57 Å². The van der Waals surface area contributed by atoms with Gasteiger partial charge in [0.15, 0.2) is 42.9 Å². The molecule has 0 amide bonds. The summed E-state index contributed by atoms with van der Waals surface area (Å²) in [6.45, 7) is 0.523. The zero-order valence-corrected chi connectivity index (χ0v) is 52.2. The maximum atomic E-state index is 15.6. The van der Waals surface area contributed by atoms with Crippen molar-refractivity contribution in [3.8, 4) is 5.75 Å². The molecule has 4 atom stereocenters. The van der Waals surface area contributed by atoms with Crippen LogP contribution in [0.25, 0.3) is 11.2 Å². The number of carbonyl (C=O) groups excluding carboxylic acids is 8. The molecule has 5 aromatic rings. The van der Waals surface area contributed by atoms with E-state index in [0.717, 1.165) is 30.5 Å². The van der Waals surface area contributed by atoms with Gasteiger partial charge >= 0.3 is 49.6 Å². The number of aromatic nitrogens is 4. The molecule has 1 saturated heterocycles. The van der Waals surface area contributed by atoms with Gasteiger partial charge in [0.1, 0.15) is 35.6 Å². The molecule has 29 nitrogen and oxygen atoms in total. The maximum Gasteiger partial charge on any atom is 0.474 e. The van der Waals surface area contributed by atoms with E-state index in [1.807, 2.05) is 84.9 Å². The van der Waals surface area contributed by atoms with Crippen molar-refractivity contribution < 1.29 is 113 Å². The van der Waals surface area contributed by atoms with Crippen LogP contribution in [0.4, 0.5) is 5.82 Å². The van der Waals surface area contributed by atoms with Crippen LogP contribution in [0.3, 0.4) is 0 Å². The molecule has 6 rings (SSSR count). The highest BCUT2D eigenvalue weighted by Crippen LogP contribution is 2.53. The van der Waals surface area contributed by atoms with Crippen LogP contribution in [0.1, 0.15) is 84.2 Å². The summed E-state index contributed by atoms with van der Waals surface area (Å²) in [4.78, 5) is 119. The highest BCUT2D eigenvalue weighted by Gasteiger charge is 2.56. The van der Waals surface area contributed by atoms with Crippen LogP contribution >= 0.6 is 7.82 Å². The van der Waals surface area contributed by atoms with Crippen LogP contribution in [-0.2, 0) is 114 Å². The van der Waals surface area contributed by atoms with E-state index in [-0.39, 0.29) is 62.0 Å². The number of hydrogen-bond donors (Lipinski definition) is 1. The molecule has 3 aromatic carbocycles. The van der Waals surface area contributed by atoms with Gasteiger partial charge in [-0.15, -0.1) is 0 Å². The molecular weight excluding hydrogens is 1210 g/mol. The first kappa shape index (κ1) is 70.8. The van der Waals surface area contributed by atoms with Gasteiger partial charge in [0.2, 0.25) is 10.8 Å².